The summed E-state index contributed by atoms with van der Waals surface area (Å²) in [5.74, 6) is 0.0756. The summed E-state index contributed by atoms with van der Waals surface area (Å²) in [4.78, 5) is 19.4. The summed E-state index contributed by atoms with van der Waals surface area (Å²) in [6.07, 6.45) is 0.753. The van der Waals surface area contributed by atoms with E-state index in [0.717, 1.165) is 55.3 Å². The molecule has 0 unspecified atom stereocenters. The standard InChI is InChI=1S/C30H22BrClN2O/c31-21-13-11-20(12-14-21)28-27(25-7-3-4-8-26(25)33-28)29-23-5-1-2-6-24(23)30(35)34(29)18-17-19-9-15-22(32)16-10-19/h1-16,29,33H,17-18H2/t29-/m0/s1. The normalized spacial score (nSPS) is 15.1. The van der Waals surface area contributed by atoms with Crippen molar-refractivity contribution in [3.8, 4) is 11.3 Å². The number of aromatic amines is 1. The molecule has 1 atom stereocenters. The highest BCUT2D eigenvalue weighted by Gasteiger charge is 2.39. The van der Waals surface area contributed by atoms with Crippen molar-refractivity contribution in [1.82, 2.24) is 9.88 Å². The molecule has 1 aliphatic heterocycles. The van der Waals surface area contributed by atoms with Crippen molar-refractivity contribution in [2.45, 2.75) is 12.5 Å². The maximum atomic E-state index is 13.7. The van der Waals surface area contributed by atoms with E-state index in [0.29, 0.717) is 11.6 Å². The fourth-order valence-corrected chi connectivity index (χ4v) is 5.49. The van der Waals surface area contributed by atoms with Crippen LogP contribution in [0.1, 0.15) is 33.1 Å². The molecule has 0 saturated heterocycles. The smallest absolute Gasteiger partial charge is 0.255 e. The molecule has 0 radical (unpaired) electrons. The molecular weight excluding hydrogens is 520 g/mol. The Morgan fingerprint density at radius 1 is 0.857 bits per heavy atom. The molecule has 0 spiro atoms. The molecule has 0 saturated carbocycles. The number of H-pyrrole nitrogens is 1. The third-order valence-electron chi connectivity index (χ3n) is 6.77. The minimum absolute atomic E-state index is 0.0756. The van der Waals surface area contributed by atoms with Crippen LogP contribution >= 0.6 is 27.5 Å². The lowest BCUT2D eigenvalue weighted by molar-refractivity contribution is 0.0753. The van der Waals surface area contributed by atoms with E-state index in [2.05, 4.69) is 69.4 Å². The third-order valence-corrected chi connectivity index (χ3v) is 7.55. The van der Waals surface area contributed by atoms with Gasteiger partial charge in [-0.3, -0.25) is 4.79 Å². The summed E-state index contributed by atoms with van der Waals surface area (Å²) < 4.78 is 1.03. The Bertz CT molecular complexity index is 1540. The fraction of sp³-hybridized carbons (Fsp3) is 0.100. The van der Waals surface area contributed by atoms with E-state index in [-0.39, 0.29) is 11.9 Å². The summed E-state index contributed by atoms with van der Waals surface area (Å²) in [6, 6.07) is 32.4. The Morgan fingerprint density at radius 3 is 2.37 bits per heavy atom. The molecule has 35 heavy (non-hydrogen) atoms. The second kappa shape index (κ2) is 9.03. The monoisotopic (exact) mass is 540 g/mol. The largest absolute Gasteiger partial charge is 0.354 e. The van der Waals surface area contributed by atoms with E-state index >= 15 is 0 Å². The molecule has 0 fully saturated rings. The quantitative estimate of drug-likeness (QED) is 0.240. The van der Waals surface area contributed by atoms with Crippen LogP contribution in [0.15, 0.2) is 102 Å². The van der Waals surface area contributed by atoms with E-state index < -0.39 is 0 Å². The second-order valence-corrected chi connectivity index (χ2v) is 10.2. The molecule has 0 bridgehead atoms. The number of para-hydroxylation sites is 1. The Morgan fingerprint density at radius 2 is 1.57 bits per heavy atom. The molecule has 172 valence electrons. The van der Waals surface area contributed by atoms with Gasteiger partial charge in [-0.1, -0.05) is 88.2 Å². The Balaban J connectivity index is 1.51. The summed E-state index contributed by atoms with van der Waals surface area (Å²) >= 11 is 9.64. The first kappa shape index (κ1) is 22.1. The number of hydrogen-bond donors (Lipinski definition) is 1. The lowest BCUT2D eigenvalue weighted by Gasteiger charge is -2.27. The predicted molar refractivity (Wildman–Crippen MR) is 146 cm³/mol. The van der Waals surface area contributed by atoms with Crippen LogP contribution in [0.4, 0.5) is 0 Å². The molecule has 5 heteroatoms. The second-order valence-electron chi connectivity index (χ2n) is 8.83. The summed E-state index contributed by atoms with van der Waals surface area (Å²) in [5.41, 5.74) is 7.33. The average Bonchev–Trinajstić information content (AvgIpc) is 3.39. The van der Waals surface area contributed by atoms with Crippen molar-refractivity contribution in [2.75, 3.05) is 6.54 Å². The van der Waals surface area contributed by atoms with Gasteiger partial charge in [0, 0.05) is 38.1 Å². The van der Waals surface area contributed by atoms with Crippen molar-refractivity contribution in [3.05, 3.63) is 129 Å². The maximum Gasteiger partial charge on any atom is 0.255 e. The molecule has 5 aromatic rings. The van der Waals surface area contributed by atoms with Crippen LogP contribution in [-0.2, 0) is 6.42 Å². The van der Waals surface area contributed by atoms with Gasteiger partial charge in [0.05, 0.1) is 11.7 Å². The minimum atomic E-state index is -0.180. The number of halogens is 2. The number of fused-ring (bicyclic) bond motifs is 2. The Hall–Kier alpha value is -3.34. The van der Waals surface area contributed by atoms with Gasteiger partial charge in [0.15, 0.2) is 0 Å². The highest BCUT2D eigenvalue weighted by molar-refractivity contribution is 9.10. The molecular formula is C30H22BrClN2O. The summed E-state index contributed by atoms with van der Waals surface area (Å²) in [6.45, 7) is 0.610. The summed E-state index contributed by atoms with van der Waals surface area (Å²) in [5, 5.41) is 1.85. The Kier molecular flexibility index (Phi) is 5.71. The molecule has 1 aliphatic rings. The topological polar surface area (TPSA) is 36.1 Å². The van der Waals surface area contributed by atoms with Crippen LogP contribution in [0.3, 0.4) is 0 Å². The van der Waals surface area contributed by atoms with Gasteiger partial charge < -0.3 is 9.88 Å². The van der Waals surface area contributed by atoms with E-state index in [1.54, 1.807) is 0 Å². The molecule has 6 rings (SSSR count). The van der Waals surface area contributed by atoms with Crippen LogP contribution in [0.2, 0.25) is 5.02 Å². The zero-order valence-corrected chi connectivity index (χ0v) is 21.2. The summed E-state index contributed by atoms with van der Waals surface area (Å²) in [7, 11) is 0. The van der Waals surface area contributed by atoms with E-state index in [4.69, 9.17) is 11.6 Å². The number of hydrogen-bond acceptors (Lipinski definition) is 1. The van der Waals surface area contributed by atoms with Crippen molar-refractivity contribution in [2.24, 2.45) is 0 Å². The highest BCUT2D eigenvalue weighted by Crippen LogP contribution is 2.45. The Labute approximate surface area is 217 Å². The zero-order valence-electron chi connectivity index (χ0n) is 18.8. The lowest BCUT2D eigenvalue weighted by Crippen LogP contribution is -2.31. The van der Waals surface area contributed by atoms with Crippen LogP contribution in [0, 0.1) is 0 Å². The van der Waals surface area contributed by atoms with Gasteiger partial charge in [-0.25, -0.2) is 0 Å². The number of amides is 1. The van der Waals surface area contributed by atoms with Gasteiger partial charge in [0.2, 0.25) is 0 Å². The fourth-order valence-electron chi connectivity index (χ4n) is 5.10. The first-order valence-corrected chi connectivity index (χ1v) is 12.8. The van der Waals surface area contributed by atoms with Gasteiger partial charge >= 0.3 is 0 Å². The van der Waals surface area contributed by atoms with Gasteiger partial charge in [0.1, 0.15) is 0 Å². The van der Waals surface area contributed by atoms with E-state index in [1.807, 2.05) is 53.4 Å². The first-order chi connectivity index (χ1) is 17.1. The minimum Gasteiger partial charge on any atom is -0.354 e. The maximum absolute atomic E-state index is 13.7. The van der Waals surface area contributed by atoms with Gasteiger partial charge in [-0.05, 0) is 59.5 Å². The number of nitrogens with zero attached hydrogens (tertiary/aromatic N) is 1. The molecule has 1 amide bonds. The molecule has 2 heterocycles. The highest BCUT2D eigenvalue weighted by atomic mass is 79.9. The SMILES string of the molecule is O=C1c2ccccc2[C@@H](c2c(-c3ccc(Br)cc3)[nH]c3ccccc23)N1CCc1ccc(Cl)cc1. The van der Waals surface area contributed by atoms with Crippen molar-refractivity contribution in [1.29, 1.82) is 0 Å². The lowest BCUT2D eigenvalue weighted by atomic mass is 9.93. The molecule has 1 N–H and O–H groups in total. The number of carbonyl (C=O) groups is 1. The van der Waals surface area contributed by atoms with Crippen molar-refractivity contribution < 1.29 is 4.79 Å². The van der Waals surface area contributed by atoms with Gasteiger partial charge in [-0.2, -0.15) is 0 Å². The average molecular weight is 542 g/mol. The third kappa shape index (κ3) is 3.97. The number of benzene rings is 4. The van der Waals surface area contributed by atoms with Crippen LogP contribution in [-0.4, -0.2) is 22.3 Å². The molecule has 1 aromatic heterocycles. The van der Waals surface area contributed by atoms with Crippen LogP contribution in [0.25, 0.3) is 22.2 Å². The predicted octanol–water partition coefficient (Wildman–Crippen LogP) is 8.04. The number of rotatable bonds is 5. The number of aromatic nitrogens is 1. The number of nitrogens with one attached hydrogen (secondary N) is 1. The van der Waals surface area contributed by atoms with Gasteiger partial charge in [-0.15, -0.1) is 0 Å². The zero-order chi connectivity index (χ0) is 23.9. The van der Waals surface area contributed by atoms with Crippen LogP contribution in [0.5, 0.6) is 0 Å². The molecule has 4 aromatic carbocycles. The van der Waals surface area contributed by atoms with Crippen molar-refractivity contribution in [3.63, 3.8) is 0 Å². The molecule has 0 aliphatic carbocycles. The number of carbonyl (C=O) groups excluding carboxylic acids is 1. The molecule has 3 nitrogen and oxygen atoms in total. The first-order valence-electron chi connectivity index (χ1n) is 11.6. The van der Waals surface area contributed by atoms with Crippen molar-refractivity contribution >= 4 is 44.3 Å². The van der Waals surface area contributed by atoms with E-state index in [9.17, 15) is 4.79 Å². The van der Waals surface area contributed by atoms with Gasteiger partial charge in [0.25, 0.3) is 5.91 Å². The van der Waals surface area contributed by atoms with Crippen LogP contribution < -0.4 is 0 Å². The van der Waals surface area contributed by atoms with E-state index in [1.165, 1.54) is 0 Å².